The SMILES string of the molecule is Cc1c(Br)cnn1CCC(=O)NCCCn1nc(C(F)(F)F)cc1C1CC1. The molecule has 6 nitrogen and oxygen atoms in total. The second kappa shape index (κ2) is 8.04. The molecular weight excluding hydrogens is 427 g/mol. The zero-order chi connectivity index (χ0) is 19.6. The van der Waals surface area contributed by atoms with Gasteiger partial charge in [-0.05, 0) is 48.2 Å². The van der Waals surface area contributed by atoms with E-state index in [0.717, 1.165) is 29.1 Å². The fourth-order valence-electron chi connectivity index (χ4n) is 2.86. The fourth-order valence-corrected chi connectivity index (χ4v) is 3.15. The van der Waals surface area contributed by atoms with E-state index in [1.807, 2.05) is 6.92 Å². The van der Waals surface area contributed by atoms with Crippen molar-refractivity contribution in [3.63, 3.8) is 0 Å². The van der Waals surface area contributed by atoms with E-state index in [4.69, 9.17) is 0 Å². The third-order valence-electron chi connectivity index (χ3n) is 4.56. The van der Waals surface area contributed by atoms with E-state index in [9.17, 15) is 18.0 Å². The Balaban J connectivity index is 1.44. The lowest BCUT2D eigenvalue weighted by molar-refractivity contribution is -0.141. The third kappa shape index (κ3) is 5.12. The Morgan fingerprint density at radius 2 is 2.07 bits per heavy atom. The maximum Gasteiger partial charge on any atom is 0.435 e. The predicted octanol–water partition coefficient (Wildman–Crippen LogP) is 3.64. The molecule has 1 aliphatic carbocycles. The van der Waals surface area contributed by atoms with Gasteiger partial charge in [-0.3, -0.25) is 14.2 Å². The van der Waals surface area contributed by atoms with Crippen molar-refractivity contribution in [3.8, 4) is 0 Å². The minimum atomic E-state index is -4.43. The average Bonchev–Trinajstić information content (AvgIpc) is 3.27. The highest BCUT2D eigenvalue weighted by atomic mass is 79.9. The normalized spacial score (nSPS) is 14.6. The lowest BCUT2D eigenvalue weighted by Crippen LogP contribution is -2.26. The summed E-state index contributed by atoms with van der Waals surface area (Å²) in [6.07, 6.45) is -0.114. The van der Waals surface area contributed by atoms with E-state index < -0.39 is 11.9 Å². The molecule has 27 heavy (non-hydrogen) atoms. The van der Waals surface area contributed by atoms with Gasteiger partial charge in [0.1, 0.15) is 0 Å². The number of nitrogens with one attached hydrogen (secondary N) is 1. The smallest absolute Gasteiger partial charge is 0.356 e. The van der Waals surface area contributed by atoms with Crippen LogP contribution in [0.1, 0.15) is 48.7 Å². The van der Waals surface area contributed by atoms with Crippen LogP contribution in [-0.4, -0.2) is 32.0 Å². The standard InChI is InChI=1S/C17H21BrF3N5O/c1-11-13(18)10-23-25(11)8-5-16(27)22-6-2-7-26-14(12-3-4-12)9-15(24-26)17(19,20)21/h9-10,12H,2-8H2,1H3,(H,22,27). The van der Waals surface area contributed by atoms with Crippen LogP contribution in [-0.2, 0) is 24.1 Å². The van der Waals surface area contributed by atoms with Gasteiger partial charge in [0.15, 0.2) is 5.69 Å². The minimum absolute atomic E-state index is 0.111. The van der Waals surface area contributed by atoms with Crippen LogP contribution in [0.3, 0.4) is 0 Å². The Kier molecular flexibility index (Phi) is 5.92. The Hall–Kier alpha value is -1.84. The van der Waals surface area contributed by atoms with Crippen LogP contribution in [0.4, 0.5) is 13.2 Å². The van der Waals surface area contributed by atoms with Gasteiger partial charge in [-0.15, -0.1) is 0 Å². The van der Waals surface area contributed by atoms with Crippen LogP contribution in [0.5, 0.6) is 0 Å². The van der Waals surface area contributed by atoms with Gasteiger partial charge in [0, 0.05) is 43.4 Å². The molecule has 0 aromatic carbocycles. The Labute approximate surface area is 163 Å². The van der Waals surface area contributed by atoms with E-state index in [1.165, 1.54) is 4.68 Å². The van der Waals surface area contributed by atoms with Crippen molar-refractivity contribution in [1.29, 1.82) is 0 Å². The van der Waals surface area contributed by atoms with E-state index in [-0.39, 0.29) is 11.8 Å². The van der Waals surface area contributed by atoms with Crippen molar-refractivity contribution >= 4 is 21.8 Å². The lowest BCUT2D eigenvalue weighted by Gasteiger charge is -2.09. The summed E-state index contributed by atoms with van der Waals surface area (Å²) < 4.78 is 42.7. The van der Waals surface area contributed by atoms with Gasteiger partial charge < -0.3 is 5.32 Å². The number of alkyl halides is 3. The first-order chi connectivity index (χ1) is 12.8. The van der Waals surface area contributed by atoms with Crippen molar-refractivity contribution in [2.75, 3.05) is 6.54 Å². The molecule has 1 N–H and O–H groups in total. The molecule has 0 radical (unpaired) electrons. The maximum atomic E-state index is 12.9. The second-order valence-corrected chi connectivity index (χ2v) is 7.56. The number of aryl methyl sites for hydroxylation is 2. The molecule has 10 heteroatoms. The average molecular weight is 448 g/mol. The van der Waals surface area contributed by atoms with Gasteiger partial charge in [-0.1, -0.05) is 0 Å². The summed E-state index contributed by atoms with van der Waals surface area (Å²) in [6.45, 7) is 3.13. The summed E-state index contributed by atoms with van der Waals surface area (Å²) in [4.78, 5) is 11.9. The van der Waals surface area contributed by atoms with Crippen molar-refractivity contribution in [2.24, 2.45) is 0 Å². The van der Waals surface area contributed by atoms with Crippen LogP contribution in [0.2, 0.25) is 0 Å². The van der Waals surface area contributed by atoms with Crippen LogP contribution in [0.15, 0.2) is 16.7 Å². The van der Waals surface area contributed by atoms with Gasteiger partial charge in [0.2, 0.25) is 5.91 Å². The quantitative estimate of drug-likeness (QED) is 0.628. The molecule has 1 amide bonds. The van der Waals surface area contributed by atoms with E-state index in [2.05, 4.69) is 31.4 Å². The first-order valence-corrected chi connectivity index (χ1v) is 9.64. The molecule has 148 valence electrons. The molecule has 0 aliphatic heterocycles. The predicted molar refractivity (Wildman–Crippen MR) is 96.1 cm³/mol. The number of halogens is 4. The molecule has 2 heterocycles. The molecule has 0 bridgehead atoms. The second-order valence-electron chi connectivity index (χ2n) is 6.70. The zero-order valence-electron chi connectivity index (χ0n) is 14.9. The van der Waals surface area contributed by atoms with Crippen LogP contribution in [0.25, 0.3) is 0 Å². The Morgan fingerprint density at radius 3 is 2.67 bits per heavy atom. The van der Waals surface area contributed by atoms with Crippen molar-refractivity contribution in [2.45, 2.75) is 57.8 Å². The Bertz CT molecular complexity index is 810. The molecule has 0 spiro atoms. The van der Waals surface area contributed by atoms with Gasteiger partial charge in [0.25, 0.3) is 0 Å². The minimum Gasteiger partial charge on any atom is -0.356 e. The summed E-state index contributed by atoms with van der Waals surface area (Å²) >= 11 is 3.37. The molecular formula is C17H21BrF3N5O. The molecule has 3 rings (SSSR count). The van der Waals surface area contributed by atoms with E-state index in [0.29, 0.717) is 38.2 Å². The van der Waals surface area contributed by atoms with Gasteiger partial charge in [0.05, 0.1) is 10.7 Å². The van der Waals surface area contributed by atoms with Crippen molar-refractivity contribution in [3.05, 3.63) is 33.8 Å². The number of hydrogen-bond donors (Lipinski definition) is 1. The third-order valence-corrected chi connectivity index (χ3v) is 5.34. The van der Waals surface area contributed by atoms with Gasteiger partial charge >= 0.3 is 6.18 Å². The van der Waals surface area contributed by atoms with Crippen molar-refractivity contribution < 1.29 is 18.0 Å². The molecule has 1 fully saturated rings. The monoisotopic (exact) mass is 447 g/mol. The molecule has 0 unspecified atom stereocenters. The summed E-state index contributed by atoms with van der Waals surface area (Å²) in [5, 5.41) is 10.7. The summed E-state index contributed by atoms with van der Waals surface area (Å²) in [5.74, 6) is 0.0692. The number of aromatic nitrogens is 4. The van der Waals surface area contributed by atoms with Gasteiger partial charge in [-0.2, -0.15) is 23.4 Å². The molecule has 0 atom stereocenters. The van der Waals surface area contributed by atoms with Crippen LogP contribution < -0.4 is 5.32 Å². The molecule has 2 aromatic rings. The summed E-state index contributed by atoms with van der Waals surface area (Å²) in [5.41, 5.74) is 0.761. The number of amides is 1. The van der Waals surface area contributed by atoms with Gasteiger partial charge in [-0.25, -0.2) is 0 Å². The molecule has 1 saturated carbocycles. The highest BCUT2D eigenvalue weighted by molar-refractivity contribution is 9.10. The van der Waals surface area contributed by atoms with Crippen molar-refractivity contribution in [1.82, 2.24) is 24.9 Å². The number of carbonyl (C=O) groups is 1. The number of carbonyl (C=O) groups excluding carboxylic acids is 1. The van der Waals surface area contributed by atoms with E-state index >= 15 is 0 Å². The first kappa shape index (κ1) is 19.9. The molecule has 2 aromatic heterocycles. The molecule has 1 aliphatic rings. The van der Waals surface area contributed by atoms with Crippen LogP contribution >= 0.6 is 15.9 Å². The highest BCUT2D eigenvalue weighted by Gasteiger charge is 2.37. The van der Waals surface area contributed by atoms with Crippen LogP contribution in [0, 0.1) is 6.92 Å². The fraction of sp³-hybridized carbons (Fsp3) is 0.588. The number of hydrogen-bond acceptors (Lipinski definition) is 3. The lowest BCUT2D eigenvalue weighted by atomic mass is 10.2. The Morgan fingerprint density at radius 1 is 1.33 bits per heavy atom. The summed E-state index contributed by atoms with van der Waals surface area (Å²) in [7, 11) is 0. The zero-order valence-corrected chi connectivity index (χ0v) is 16.5. The topological polar surface area (TPSA) is 64.7 Å². The number of rotatable bonds is 8. The van der Waals surface area contributed by atoms with E-state index in [1.54, 1.807) is 10.9 Å². The first-order valence-electron chi connectivity index (χ1n) is 8.85. The number of nitrogens with zero attached hydrogens (tertiary/aromatic N) is 4. The summed E-state index contributed by atoms with van der Waals surface area (Å²) in [6, 6.07) is 1.15. The maximum absolute atomic E-state index is 12.9. The largest absolute Gasteiger partial charge is 0.435 e. The molecule has 0 saturated heterocycles. The highest BCUT2D eigenvalue weighted by Crippen LogP contribution is 2.42.